The summed E-state index contributed by atoms with van der Waals surface area (Å²) in [4.78, 5) is 28.1. The summed E-state index contributed by atoms with van der Waals surface area (Å²) in [7, 11) is 1.43. The number of rotatable bonds is 5. The first-order chi connectivity index (χ1) is 11.9. The highest BCUT2D eigenvalue weighted by molar-refractivity contribution is 6.36. The minimum atomic E-state index is -1.21. The van der Waals surface area contributed by atoms with Crippen molar-refractivity contribution < 1.29 is 23.8 Å². The molecule has 3 rings (SSSR count). The first-order valence-electron chi connectivity index (χ1n) is 7.06. The van der Waals surface area contributed by atoms with E-state index in [-0.39, 0.29) is 44.3 Å². The van der Waals surface area contributed by atoms with Gasteiger partial charge in [-0.1, -0.05) is 23.2 Å². The molecule has 0 aliphatic carbocycles. The highest BCUT2D eigenvalue weighted by Gasteiger charge is 2.23. The third kappa shape index (κ3) is 3.06. The number of hydrogen-bond acceptors (Lipinski definition) is 5. The Bertz CT molecular complexity index is 976. The molecule has 2 aromatic heterocycles. The number of ketones is 1. The molecule has 0 saturated carbocycles. The smallest absolute Gasteiger partial charge is 0.339 e. The van der Waals surface area contributed by atoms with Crippen molar-refractivity contribution in [2.45, 2.75) is 6.42 Å². The van der Waals surface area contributed by atoms with Crippen LogP contribution in [-0.2, 0) is 6.42 Å². The molecule has 0 aliphatic heterocycles. The Morgan fingerprint density at radius 3 is 2.48 bits per heavy atom. The molecular formula is C17H11Cl2NO5. The van der Waals surface area contributed by atoms with Crippen molar-refractivity contribution in [3.05, 3.63) is 57.5 Å². The number of hydrogen-bond donors (Lipinski definition) is 1. The first-order valence-corrected chi connectivity index (χ1v) is 7.82. The third-order valence-electron chi connectivity index (χ3n) is 3.73. The molecule has 0 fully saturated rings. The molecule has 0 radical (unpaired) electrons. The number of nitrogens with zero attached hydrogens (tertiary/aromatic N) is 1. The lowest BCUT2D eigenvalue weighted by atomic mass is 9.98. The molecule has 3 aromatic rings. The standard InChI is InChI=1S/C17H11Cl2NO5/c1-24-14-3-2-8(15-10(17(22)23)7-25-16(14)15)13(21)4-9-11(18)5-20-6-12(9)19/h2-3,5-7H,4H2,1H3,(H,22,23). The van der Waals surface area contributed by atoms with Gasteiger partial charge in [0.25, 0.3) is 0 Å². The van der Waals surface area contributed by atoms with E-state index in [1.165, 1.54) is 25.6 Å². The van der Waals surface area contributed by atoms with Crippen LogP contribution >= 0.6 is 23.2 Å². The van der Waals surface area contributed by atoms with Crippen LogP contribution in [0.1, 0.15) is 26.3 Å². The van der Waals surface area contributed by atoms with Crippen LogP contribution in [0.15, 0.2) is 35.2 Å². The maximum atomic E-state index is 12.8. The number of carbonyl (C=O) groups is 2. The van der Waals surface area contributed by atoms with Crippen molar-refractivity contribution in [3.8, 4) is 5.75 Å². The zero-order valence-corrected chi connectivity index (χ0v) is 14.4. The summed E-state index contributed by atoms with van der Waals surface area (Å²) < 4.78 is 10.5. The number of ether oxygens (including phenoxy) is 1. The summed E-state index contributed by atoms with van der Waals surface area (Å²) in [6, 6.07) is 3.04. The van der Waals surface area contributed by atoms with Crippen molar-refractivity contribution in [1.82, 2.24) is 4.98 Å². The van der Waals surface area contributed by atoms with Crippen LogP contribution in [0.2, 0.25) is 10.0 Å². The van der Waals surface area contributed by atoms with Crippen LogP contribution in [0.3, 0.4) is 0 Å². The van der Waals surface area contributed by atoms with Crippen molar-refractivity contribution in [2.24, 2.45) is 0 Å². The average molecular weight is 380 g/mol. The Hall–Kier alpha value is -2.57. The summed E-state index contributed by atoms with van der Waals surface area (Å²) in [6.07, 6.45) is 3.75. The number of halogens is 2. The molecule has 6 nitrogen and oxygen atoms in total. The SMILES string of the molecule is COc1ccc(C(=O)Cc2c(Cl)cncc2Cl)c2c(C(=O)O)coc12. The van der Waals surface area contributed by atoms with Crippen molar-refractivity contribution >= 4 is 45.9 Å². The number of furan rings is 1. The van der Waals surface area contributed by atoms with Gasteiger partial charge in [-0.25, -0.2) is 4.79 Å². The minimum absolute atomic E-state index is 0.105. The second kappa shape index (κ2) is 6.74. The van der Waals surface area contributed by atoms with E-state index < -0.39 is 5.97 Å². The monoisotopic (exact) mass is 379 g/mol. The highest BCUT2D eigenvalue weighted by Crippen LogP contribution is 2.34. The van der Waals surface area contributed by atoms with Crippen LogP contribution in [-0.4, -0.2) is 29.0 Å². The fraction of sp³-hybridized carbons (Fsp3) is 0.118. The summed E-state index contributed by atoms with van der Waals surface area (Å²) in [5.74, 6) is -1.23. The molecule has 2 heterocycles. The number of carboxylic acids is 1. The molecule has 1 N–H and O–H groups in total. The molecule has 0 atom stereocenters. The number of carbonyl (C=O) groups excluding carboxylic acids is 1. The van der Waals surface area contributed by atoms with Gasteiger partial charge in [-0.2, -0.15) is 0 Å². The summed E-state index contributed by atoms with van der Waals surface area (Å²) in [5, 5.41) is 10.1. The minimum Gasteiger partial charge on any atom is -0.493 e. The molecule has 1 aromatic carbocycles. The lowest BCUT2D eigenvalue weighted by Crippen LogP contribution is -2.07. The van der Waals surface area contributed by atoms with Gasteiger partial charge in [0.1, 0.15) is 11.8 Å². The second-order valence-corrected chi connectivity index (χ2v) is 5.97. The van der Waals surface area contributed by atoms with Gasteiger partial charge in [0, 0.05) is 35.3 Å². The van der Waals surface area contributed by atoms with E-state index in [0.717, 1.165) is 6.26 Å². The lowest BCUT2D eigenvalue weighted by Gasteiger charge is -2.08. The number of pyridine rings is 1. The van der Waals surface area contributed by atoms with Crippen molar-refractivity contribution in [2.75, 3.05) is 7.11 Å². The fourth-order valence-corrected chi connectivity index (χ4v) is 3.04. The van der Waals surface area contributed by atoms with E-state index >= 15 is 0 Å². The maximum Gasteiger partial charge on any atom is 0.339 e. The zero-order valence-electron chi connectivity index (χ0n) is 12.9. The van der Waals surface area contributed by atoms with Crippen LogP contribution in [0.4, 0.5) is 0 Å². The quantitative estimate of drug-likeness (QED) is 0.665. The van der Waals surface area contributed by atoms with Gasteiger partial charge in [0.2, 0.25) is 0 Å². The van der Waals surface area contributed by atoms with E-state index in [1.807, 2.05) is 0 Å². The molecule has 8 heteroatoms. The van der Waals surface area contributed by atoms with E-state index in [2.05, 4.69) is 4.98 Å². The Labute approximate surface area is 151 Å². The Morgan fingerprint density at radius 2 is 1.88 bits per heavy atom. The molecule has 0 unspecified atom stereocenters. The van der Waals surface area contributed by atoms with E-state index in [0.29, 0.717) is 11.3 Å². The normalized spacial score (nSPS) is 10.8. The van der Waals surface area contributed by atoms with Crippen LogP contribution in [0, 0.1) is 0 Å². The fourth-order valence-electron chi connectivity index (χ4n) is 2.54. The van der Waals surface area contributed by atoms with Gasteiger partial charge < -0.3 is 14.3 Å². The number of fused-ring (bicyclic) bond motifs is 1. The number of carboxylic acid groups (broad SMARTS) is 1. The summed E-state index contributed by atoms with van der Waals surface area (Å²) >= 11 is 12.1. The molecule has 128 valence electrons. The molecule has 0 spiro atoms. The van der Waals surface area contributed by atoms with Crippen LogP contribution < -0.4 is 4.74 Å². The van der Waals surface area contributed by atoms with E-state index in [4.69, 9.17) is 32.4 Å². The van der Waals surface area contributed by atoms with Gasteiger partial charge in [0.05, 0.1) is 17.2 Å². The first kappa shape index (κ1) is 17.3. The molecular weight excluding hydrogens is 369 g/mol. The van der Waals surface area contributed by atoms with Gasteiger partial charge >= 0.3 is 5.97 Å². The van der Waals surface area contributed by atoms with Gasteiger partial charge in [-0.15, -0.1) is 0 Å². The second-order valence-electron chi connectivity index (χ2n) is 5.16. The Kier molecular flexibility index (Phi) is 4.65. The predicted octanol–water partition coefficient (Wildman–Crippen LogP) is 4.27. The molecule has 0 bridgehead atoms. The molecule has 0 saturated heterocycles. The molecule has 0 aliphatic rings. The average Bonchev–Trinajstić information content (AvgIpc) is 3.02. The molecule has 0 amide bonds. The van der Waals surface area contributed by atoms with E-state index in [1.54, 1.807) is 6.07 Å². The number of Topliss-reactive ketones (excluding diaryl/α,β-unsaturated/α-hetero) is 1. The van der Waals surface area contributed by atoms with E-state index in [9.17, 15) is 14.7 Å². The topological polar surface area (TPSA) is 89.6 Å². The predicted molar refractivity (Wildman–Crippen MR) is 92.0 cm³/mol. The number of aromatic carboxylic acids is 1. The zero-order chi connectivity index (χ0) is 18.1. The van der Waals surface area contributed by atoms with Gasteiger partial charge in [-0.05, 0) is 12.1 Å². The van der Waals surface area contributed by atoms with Gasteiger partial charge in [0.15, 0.2) is 17.1 Å². The maximum absolute atomic E-state index is 12.8. The summed E-state index contributed by atoms with van der Waals surface area (Å²) in [6.45, 7) is 0. The largest absolute Gasteiger partial charge is 0.493 e. The van der Waals surface area contributed by atoms with Crippen LogP contribution in [0.5, 0.6) is 5.75 Å². The lowest BCUT2D eigenvalue weighted by molar-refractivity contribution is 0.0698. The van der Waals surface area contributed by atoms with Crippen molar-refractivity contribution in [3.63, 3.8) is 0 Å². The third-order valence-corrected chi connectivity index (χ3v) is 4.38. The Balaban J connectivity index is 2.13. The highest BCUT2D eigenvalue weighted by atomic mass is 35.5. The summed E-state index contributed by atoms with van der Waals surface area (Å²) in [5.41, 5.74) is 0.681. The number of aromatic nitrogens is 1. The van der Waals surface area contributed by atoms with Gasteiger partial charge in [-0.3, -0.25) is 9.78 Å². The molecule has 25 heavy (non-hydrogen) atoms. The Morgan fingerprint density at radius 1 is 1.20 bits per heavy atom. The number of benzene rings is 1. The number of methoxy groups -OCH3 is 1. The van der Waals surface area contributed by atoms with Crippen molar-refractivity contribution in [1.29, 1.82) is 0 Å². The van der Waals surface area contributed by atoms with Crippen LogP contribution in [0.25, 0.3) is 11.0 Å².